The summed E-state index contributed by atoms with van der Waals surface area (Å²) in [5.74, 6) is 1.65. The van der Waals surface area contributed by atoms with Crippen molar-refractivity contribution in [2.45, 2.75) is 76.4 Å². The summed E-state index contributed by atoms with van der Waals surface area (Å²) in [5.41, 5.74) is 1.34. The molecule has 0 saturated heterocycles. The third kappa shape index (κ3) is 6.06. The summed E-state index contributed by atoms with van der Waals surface area (Å²) in [5, 5.41) is 7.70. The molecule has 3 aromatic rings. The highest BCUT2D eigenvalue weighted by molar-refractivity contribution is 7.93. The third-order valence-corrected chi connectivity index (χ3v) is 8.72. The smallest absolute Gasteiger partial charge is 0.243 e. The molecule has 1 aromatic carbocycles. The lowest BCUT2D eigenvalue weighted by Gasteiger charge is -2.26. The van der Waals surface area contributed by atoms with Gasteiger partial charge in [-0.1, -0.05) is 12.5 Å². The number of methoxy groups -OCH3 is 3. The van der Waals surface area contributed by atoms with E-state index in [2.05, 4.69) is 24.9 Å². The van der Waals surface area contributed by atoms with Crippen LogP contribution in [0.15, 0.2) is 30.6 Å². The molecule has 1 fully saturated rings. The van der Waals surface area contributed by atoms with Gasteiger partial charge >= 0.3 is 0 Å². The van der Waals surface area contributed by atoms with E-state index in [1.165, 1.54) is 14.2 Å². The first-order valence-corrected chi connectivity index (χ1v) is 14.8. The highest BCUT2D eigenvalue weighted by atomic mass is 32.2. The van der Waals surface area contributed by atoms with Gasteiger partial charge in [-0.2, -0.15) is 0 Å². The normalized spacial score (nSPS) is 19.0. The lowest BCUT2D eigenvalue weighted by molar-refractivity contribution is 0.00152. The molecule has 12 nitrogen and oxygen atoms in total. The highest BCUT2D eigenvalue weighted by Crippen LogP contribution is 2.42. The van der Waals surface area contributed by atoms with Gasteiger partial charge in [-0.3, -0.25) is 9.29 Å². The molecule has 0 unspecified atom stereocenters. The molecule has 1 saturated carbocycles. The van der Waals surface area contributed by atoms with Gasteiger partial charge in [-0.05, 0) is 58.2 Å². The fourth-order valence-electron chi connectivity index (χ4n) is 4.99. The maximum atomic E-state index is 13.9. The molecular weight excluding hydrogens is 536 g/mol. The predicted octanol–water partition coefficient (Wildman–Crippen LogP) is 3.96. The molecule has 2 heterocycles. The van der Waals surface area contributed by atoms with Crippen LogP contribution in [0, 0.1) is 6.92 Å². The minimum Gasteiger partial charge on any atom is -0.494 e. The second kappa shape index (κ2) is 12.5. The van der Waals surface area contributed by atoms with Crippen LogP contribution in [0.3, 0.4) is 0 Å². The molecule has 1 aliphatic carbocycles. The molecule has 0 bridgehead atoms. The van der Waals surface area contributed by atoms with Gasteiger partial charge in [-0.15, -0.1) is 10.2 Å². The maximum Gasteiger partial charge on any atom is 0.243 e. The van der Waals surface area contributed by atoms with E-state index in [9.17, 15) is 8.42 Å². The van der Waals surface area contributed by atoms with E-state index in [0.29, 0.717) is 23.0 Å². The average Bonchev–Trinajstić information content (AvgIpc) is 3.57. The number of benzene rings is 1. The summed E-state index contributed by atoms with van der Waals surface area (Å²) < 4.78 is 55.2. The van der Waals surface area contributed by atoms with Crippen molar-refractivity contribution in [2.75, 3.05) is 26.1 Å². The Morgan fingerprint density at radius 1 is 1.00 bits per heavy atom. The van der Waals surface area contributed by atoms with Crippen molar-refractivity contribution in [2.24, 2.45) is 0 Å². The second-order valence-corrected chi connectivity index (χ2v) is 12.2. The number of nitrogens with zero attached hydrogens (tertiary/aromatic N) is 5. The Balaban J connectivity index is 1.81. The Labute approximate surface area is 235 Å². The standard InChI is InChI=1S/C27H38N6O6S/c1-16(2)39-24(25-28-14-17(3)15-29-25)18(4)40(34,35)32-27-31-30-26(19-10-8-11-20(19)36-5)33(27)23-21(37-6)12-9-13-22(23)38-7/h9,12-16,18-20,24H,8,10-11H2,1-7H3,(H,31,32)/t18-,19-,20-,24+/m0/s1. The first kappa shape index (κ1) is 29.7. The van der Waals surface area contributed by atoms with Crippen LogP contribution in [0.1, 0.15) is 69.3 Å². The van der Waals surface area contributed by atoms with E-state index in [1.807, 2.05) is 20.8 Å². The molecular formula is C27H38N6O6S. The number of hydrogen-bond acceptors (Lipinski definition) is 10. The Morgan fingerprint density at radius 2 is 1.65 bits per heavy atom. The Bertz CT molecular complexity index is 1370. The number of para-hydroxylation sites is 1. The van der Waals surface area contributed by atoms with Crippen LogP contribution in [0.5, 0.6) is 11.5 Å². The fourth-order valence-corrected chi connectivity index (χ4v) is 6.07. The predicted molar refractivity (Wildman–Crippen MR) is 150 cm³/mol. The lowest BCUT2D eigenvalue weighted by Crippen LogP contribution is -2.35. The number of rotatable bonds is 12. The van der Waals surface area contributed by atoms with Gasteiger partial charge in [-0.25, -0.2) is 18.4 Å². The summed E-state index contributed by atoms with van der Waals surface area (Å²) in [4.78, 5) is 8.70. The van der Waals surface area contributed by atoms with Gasteiger partial charge < -0.3 is 18.9 Å². The summed E-state index contributed by atoms with van der Waals surface area (Å²) in [6.45, 7) is 7.08. The first-order valence-electron chi connectivity index (χ1n) is 13.3. The van der Waals surface area contributed by atoms with Crippen molar-refractivity contribution < 1.29 is 27.4 Å². The number of sulfonamides is 1. The zero-order chi connectivity index (χ0) is 29.0. The SMILES string of the molecule is COc1cccc(OC)c1-n1c(NS(=O)(=O)[C@@H](C)[C@@H](OC(C)C)c2ncc(C)cn2)nnc1[C@H]1CCC[C@@H]1OC. The van der Waals surface area contributed by atoms with Crippen LogP contribution in [0.25, 0.3) is 5.69 Å². The number of ether oxygens (including phenoxy) is 4. The largest absolute Gasteiger partial charge is 0.494 e. The van der Waals surface area contributed by atoms with Crippen molar-refractivity contribution in [3.8, 4) is 17.2 Å². The topological polar surface area (TPSA) is 140 Å². The highest BCUT2D eigenvalue weighted by Gasteiger charge is 2.38. The van der Waals surface area contributed by atoms with E-state index in [1.54, 1.807) is 49.2 Å². The van der Waals surface area contributed by atoms with E-state index >= 15 is 0 Å². The van der Waals surface area contributed by atoms with Crippen LogP contribution in [0.4, 0.5) is 5.95 Å². The van der Waals surface area contributed by atoms with Crippen molar-refractivity contribution >= 4 is 16.0 Å². The van der Waals surface area contributed by atoms with Gasteiger partial charge in [0.15, 0.2) is 5.82 Å². The van der Waals surface area contributed by atoms with Crippen molar-refractivity contribution in [3.05, 3.63) is 47.8 Å². The Kier molecular flexibility index (Phi) is 9.26. The summed E-state index contributed by atoms with van der Waals surface area (Å²) in [7, 11) is 0.639. The van der Waals surface area contributed by atoms with Gasteiger partial charge in [0.2, 0.25) is 16.0 Å². The molecule has 0 amide bonds. The van der Waals surface area contributed by atoms with Crippen LogP contribution < -0.4 is 14.2 Å². The number of aromatic nitrogens is 5. The molecule has 13 heteroatoms. The zero-order valence-electron chi connectivity index (χ0n) is 24.0. The minimum absolute atomic E-state index is 0.000440. The molecule has 4 rings (SSSR count). The number of nitrogens with one attached hydrogen (secondary N) is 1. The monoisotopic (exact) mass is 574 g/mol. The second-order valence-electron chi connectivity index (χ2n) is 10.1. The number of hydrogen-bond donors (Lipinski definition) is 1. The van der Waals surface area contributed by atoms with Crippen LogP contribution in [-0.4, -0.2) is 71.9 Å². The molecule has 0 aliphatic heterocycles. The fraction of sp³-hybridized carbons (Fsp3) is 0.556. The van der Waals surface area contributed by atoms with E-state index < -0.39 is 21.4 Å². The third-order valence-electron chi connectivity index (χ3n) is 7.02. The summed E-state index contributed by atoms with van der Waals surface area (Å²) in [6.07, 6.45) is 4.60. The molecule has 0 spiro atoms. The van der Waals surface area contributed by atoms with Crippen molar-refractivity contribution in [1.29, 1.82) is 0 Å². The quantitative estimate of drug-likeness (QED) is 0.338. The number of aryl methyl sites for hydroxylation is 1. The zero-order valence-corrected chi connectivity index (χ0v) is 24.8. The van der Waals surface area contributed by atoms with Crippen LogP contribution >= 0.6 is 0 Å². The molecule has 0 radical (unpaired) electrons. The van der Waals surface area contributed by atoms with Gasteiger partial charge in [0.05, 0.1) is 26.4 Å². The number of anilines is 1. The lowest BCUT2D eigenvalue weighted by atomic mass is 10.0. The summed E-state index contributed by atoms with van der Waals surface area (Å²) >= 11 is 0. The molecule has 4 atom stereocenters. The Morgan fingerprint density at radius 3 is 2.23 bits per heavy atom. The Hall–Kier alpha value is -3.29. The van der Waals surface area contributed by atoms with E-state index in [4.69, 9.17) is 18.9 Å². The minimum atomic E-state index is -4.11. The molecule has 1 N–H and O–H groups in total. The van der Waals surface area contributed by atoms with Gasteiger partial charge in [0, 0.05) is 25.4 Å². The molecule has 218 valence electrons. The summed E-state index contributed by atoms with van der Waals surface area (Å²) in [6, 6.07) is 5.33. The van der Waals surface area contributed by atoms with Crippen LogP contribution in [-0.2, 0) is 19.5 Å². The van der Waals surface area contributed by atoms with Crippen molar-refractivity contribution in [1.82, 2.24) is 24.7 Å². The maximum absolute atomic E-state index is 13.9. The van der Waals surface area contributed by atoms with Crippen molar-refractivity contribution in [3.63, 3.8) is 0 Å². The van der Waals surface area contributed by atoms with E-state index in [0.717, 1.165) is 24.8 Å². The average molecular weight is 575 g/mol. The van der Waals surface area contributed by atoms with Crippen LogP contribution in [0.2, 0.25) is 0 Å². The van der Waals surface area contributed by atoms with E-state index in [-0.39, 0.29) is 29.9 Å². The molecule has 40 heavy (non-hydrogen) atoms. The first-order chi connectivity index (χ1) is 19.1. The molecule has 2 aromatic heterocycles. The molecule has 1 aliphatic rings. The van der Waals surface area contributed by atoms with Gasteiger partial charge in [0.25, 0.3) is 0 Å². The van der Waals surface area contributed by atoms with Gasteiger partial charge in [0.1, 0.15) is 34.4 Å².